The van der Waals surface area contributed by atoms with Gasteiger partial charge in [0.15, 0.2) is 0 Å². The molecule has 0 aliphatic rings. The molecule has 0 saturated carbocycles. The Labute approximate surface area is 78.6 Å². The van der Waals surface area contributed by atoms with Crippen molar-refractivity contribution in [2.24, 2.45) is 5.73 Å². The number of rotatable bonds is 2. The Morgan fingerprint density at radius 3 is 2.92 bits per heavy atom. The van der Waals surface area contributed by atoms with Gasteiger partial charge in [-0.05, 0) is 24.1 Å². The molecule has 3 N–H and O–H groups in total. The van der Waals surface area contributed by atoms with Gasteiger partial charge in [-0.2, -0.15) is 0 Å². The van der Waals surface area contributed by atoms with E-state index in [2.05, 4.69) is 9.71 Å². The first-order valence-electron chi connectivity index (χ1n) is 3.02. The molecule has 0 radical (unpaired) electrons. The van der Waals surface area contributed by atoms with Crippen LogP contribution in [0.1, 0.15) is 0 Å². The van der Waals surface area contributed by atoms with E-state index in [1.165, 1.54) is 0 Å². The number of hydrogen-bond donors (Lipinski definition) is 2. The molecule has 0 aliphatic heterocycles. The molecule has 0 aromatic carbocycles. The zero-order valence-electron chi connectivity index (χ0n) is 5.95. The Morgan fingerprint density at radius 1 is 1.67 bits per heavy atom. The van der Waals surface area contributed by atoms with Crippen molar-refractivity contribution >= 4 is 29.6 Å². The van der Waals surface area contributed by atoms with Crippen molar-refractivity contribution in [1.29, 1.82) is 0 Å². The van der Waals surface area contributed by atoms with Crippen LogP contribution in [0.25, 0.3) is 0 Å². The molecule has 0 saturated heterocycles. The number of nitrogens with zero attached hydrogens (tertiary/aromatic N) is 1. The minimum absolute atomic E-state index is 0.415. The number of pyridine rings is 1. The summed E-state index contributed by atoms with van der Waals surface area (Å²) in [5.41, 5.74) is 4.85. The molecule has 1 rings (SSSR count). The van der Waals surface area contributed by atoms with Crippen molar-refractivity contribution < 1.29 is 4.79 Å². The third kappa shape index (κ3) is 2.98. The average molecular weight is 204 g/mol. The molecular formula is C6H6ClN3OS. The van der Waals surface area contributed by atoms with Crippen LogP contribution < -0.4 is 10.5 Å². The number of hydrogen-bond acceptors (Lipinski definition) is 3. The van der Waals surface area contributed by atoms with Crippen molar-refractivity contribution in [3.63, 3.8) is 0 Å². The Kier molecular flexibility index (Phi) is 3.19. The standard InChI is InChI=1S/C6H6ClN3OS/c7-5-2-1-4(3-9-5)12-10-6(8)11/h1-3H,(H3,8,10,11). The summed E-state index contributed by atoms with van der Waals surface area (Å²) in [7, 11) is 0. The third-order valence-electron chi connectivity index (χ3n) is 0.970. The third-order valence-corrected chi connectivity index (χ3v) is 1.97. The number of halogens is 1. The Balaban J connectivity index is 2.53. The van der Waals surface area contributed by atoms with Crippen molar-refractivity contribution in [2.75, 3.05) is 0 Å². The van der Waals surface area contributed by atoms with Gasteiger partial charge in [0.05, 0.1) is 0 Å². The molecule has 6 heteroatoms. The predicted molar refractivity (Wildman–Crippen MR) is 47.8 cm³/mol. The first-order valence-corrected chi connectivity index (χ1v) is 4.22. The van der Waals surface area contributed by atoms with E-state index in [0.717, 1.165) is 16.8 Å². The van der Waals surface area contributed by atoms with E-state index >= 15 is 0 Å². The van der Waals surface area contributed by atoms with Crippen LogP contribution in [0.2, 0.25) is 5.15 Å². The SMILES string of the molecule is NC(=O)NSc1ccc(Cl)nc1. The van der Waals surface area contributed by atoms with Gasteiger partial charge in [0.25, 0.3) is 0 Å². The van der Waals surface area contributed by atoms with Gasteiger partial charge in [-0.1, -0.05) is 11.6 Å². The number of primary amides is 1. The molecule has 0 atom stereocenters. The van der Waals surface area contributed by atoms with Crippen LogP contribution in [0.15, 0.2) is 23.2 Å². The van der Waals surface area contributed by atoms with Crippen LogP contribution in [0.5, 0.6) is 0 Å². The average Bonchev–Trinajstić information content (AvgIpc) is 2.03. The van der Waals surface area contributed by atoms with Crippen molar-refractivity contribution in [3.05, 3.63) is 23.5 Å². The first-order chi connectivity index (χ1) is 5.68. The summed E-state index contributed by atoms with van der Waals surface area (Å²) >= 11 is 6.63. The summed E-state index contributed by atoms with van der Waals surface area (Å²) in [5.74, 6) is 0. The van der Waals surface area contributed by atoms with E-state index in [-0.39, 0.29) is 0 Å². The zero-order chi connectivity index (χ0) is 8.97. The Bertz CT molecular complexity index is 277. The van der Waals surface area contributed by atoms with Crippen LogP contribution in [-0.2, 0) is 0 Å². The van der Waals surface area contributed by atoms with Crippen molar-refractivity contribution in [2.45, 2.75) is 4.90 Å². The molecule has 0 unspecified atom stereocenters. The van der Waals surface area contributed by atoms with Crippen LogP contribution in [-0.4, -0.2) is 11.0 Å². The highest BCUT2D eigenvalue weighted by Gasteiger charge is 1.96. The van der Waals surface area contributed by atoms with Crippen LogP contribution in [0.4, 0.5) is 4.79 Å². The summed E-state index contributed by atoms with van der Waals surface area (Å²) in [5, 5.41) is 0.415. The maximum absolute atomic E-state index is 10.3. The van der Waals surface area contributed by atoms with E-state index in [0.29, 0.717) is 5.15 Å². The van der Waals surface area contributed by atoms with E-state index in [4.69, 9.17) is 17.3 Å². The molecule has 0 fully saturated rings. The molecule has 0 aliphatic carbocycles. The summed E-state index contributed by atoms with van der Waals surface area (Å²) in [6.45, 7) is 0. The number of urea groups is 1. The van der Waals surface area contributed by atoms with E-state index < -0.39 is 6.03 Å². The summed E-state index contributed by atoms with van der Waals surface area (Å²) in [6, 6.07) is 2.78. The summed E-state index contributed by atoms with van der Waals surface area (Å²) < 4.78 is 2.35. The predicted octanol–water partition coefficient (Wildman–Crippen LogP) is 1.41. The number of nitrogens with two attached hydrogens (primary N) is 1. The summed E-state index contributed by atoms with van der Waals surface area (Å²) in [6.07, 6.45) is 1.54. The van der Waals surface area contributed by atoms with Crippen LogP contribution in [0, 0.1) is 0 Å². The lowest BCUT2D eigenvalue weighted by molar-refractivity contribution is 0.254. The number of carbonyl (C=O) groups excluding carboxylic acids is 1. The van der Waals surface area contributed by atoms with Gasteiger partial charge in [-0.3, -0.25) is 4.72 Å². The molecule has 12 heavy (non-hydrogen) atoms. The fourth-order valence-corrected chi connectivity index (χ4v) is 1.10. The van der Waals surface area contributed by atoms with E-state index in [9.17, 15) is 4.79 Å². The normalized spacial score (nSPS) is 9.42. The van der Waals surface area contributed by atoms with Gasteiger partial charge >= 0.3 is 6.03 Å². The molecule has 0 bridgehead atoms. The quantitative estimate of drug-likeness (QED) is 0.564. The topological polar surface area (TPSA) is 68.0 Å². The second-order valence-electron chi connectivity index (χ2n) is 1.88. The maximum atomic E-state index is 10.3. The van der Waals surface area contributed by atoms with E-state index in [1.54, 1.807) is 18.3 Å². The molecule has 64 valence electrons. The number of amides is 2. The minimum atomic E-state index is -0.588. The van der Waals surface area contributed by atoms with Gasteiger partial charge in [-0.15, -0.1) is 0 Å². The smallest absolute Gasteiger partial charge is 0.322 e. The first kappa shape index (κ1) is 9.15. The monoisotopic (exact) mass is 203 g/mol. The molecule has 0 spiro atoms. The van der Waals surface area contributed by atoms with Gasteiger partial charge in [-0.25, -0.2) is 9.78 Å². The second kappa shape index (κ2) is 4.18. The highest BCUT2D eigenvalue weighted by Crippen LogP contribution is 2.14. The number of carbonyl (C=O) groups is 1. The zero-order valence-corrected chi connectivity index (χ0v) is 7.52. The molecule has 1 aromatic heterocycles. The molecule has 4 nitrogen and oxygen atoms in total. The largest absolute Gasteiger partial charge is 0.351 e. The van der Waals surface area contributed by atoms with Crippen LogP contribution >= 0.6 is 23.5 Å². The van der Waals surface area contributed by atoms with Gasteiger partial charge in [0.1, 0.15) is 5.15 Å². The lowest BCUT2D eigenvalue weighted by Gasteiger charge is -1.98. The summed E-state index contributed by atoms with van der Waals surface area (Å²) in [4.78, 5) is 14.9. The minimum Gasteiger partial charge on any atom is -0.351 e. The highest BCUT2D eigenvalue weighted by atomic mass is 35.5. The van der Waals surface area contributed by atoms with Crippen LogP contribution in [0.3, 0.4) is 0 Å². The Morgan fingerprint density at radius 2 is 2.42 bits per heavy atom. The highest BCUT2D eigenvalue weighted by molar-refractivity contribution is 7.98. The van der Waals surface area contributed by atoms with Gasteiger partial charge in [0, 0.05) is 11.1 Å². The fourth-order valence-electron chi connectivity index (χ4n) is 0.532. The molecule has 1 aromatic rings. The van der Waals surface area contributed by atoms with E-state index in [1.807, 2.05) is 0 Å². The fraction of sp³-hybridized carbons (Fsp3) is 0. The number of nitrogens with one attached hydrogen (secondary N) is 1. The van der Waals surface area contributed by atoms with Gasteiger partial charge in [0.2, 0.25) is 0 Å². The molecule has 1 heterocycles. The Hall–Kier alpha value is -0.940. The lowest BCUT2D eigenvalue weighted by Crippen LogP contribution is -2.22. The van der Waals surface area contributed by atoms with Gasteiger partial charge < -0.3 is 5.73 Å². The second-order valence-corrected chi connectivity index (χ2v) is 3.15. The maximum Gasteiger partial charge on any atom is 0.322 e. The van der Waals surface area contributed by atoms with Crippen molar-refractivity contribution in [1.82, 2.24) is 9.71 Å². The molecular weight excluding hydrogens is 198 g/mol. The number of aromatic nitrogens is 1. The van der Waals surface area contributed by atoms with Crippen molar-refractivity contribution in [3.8, 4) is 0 Å². The molecule has 2 amide bonds. The lowest BCUT2D eigenvalue weighted by atomic mass is 10.5.